The molecule has 1 aliphatic rings. The molecule has 3 heterocycles. The summed E-state index contributed by atoms with van der Waals surface area (Å²) >= 11 is 0. The molecule has 0 bridgehead atoms. The van der Waals surface area contributed by atoms with Crippen LogP contribution in [-0.4, -0.2) is 77.3 Å². The van der Waals surface area contributed by atoms with Crippen LogP contribution in [0.25, 0.3) is 11.0 Å². The summed E-state index contributed by atoms with van der Waals surface area (Å²) in [5, 5.41) is 4.98. The Bertz CT molecular complexity index is 922. The molecule has 0 aromatic carbocycles. The molecule has 166 valence electrons. The quantitative estimate of drug-likeness (QED) is 0.373. The molecule has 0 atom stereocenters. The summed E-state index contributed by atoms with van der Waals surface area (Å²) in [6.45, 7) is 8.81. The predicted octanol–water partition coefficient (Wildman–Crippen LogP) is 2.19. The molecule has 3 rings (SSSR count). The summed E-state index contributed by atoms with van der Waals surface area (Å²) in [6.07, 6.45) is 8.43. The third-order valence-corrected chi connectivity index (χ3v) is 6.96. The van der Waals surface area contributed by atoms with Gasteiger partial charge in [-0.05, 0) is 52.5 Å². The molecule has 0 saturated carbocycles. The van der Waals surface area contributed by atoms with Gasteiger partial charge in [-0.3, -0.25) is 0 Å². The van der Waals surface area contributed by atoms with E-state index < -0.39 is 34.3 Å². The second-order valence-electron chi connectivity index (χ2n) is 9.40. The van der Waals surface area contributed by atoms with Crippen molar-refractivity contribution in [1.82, 2.24) is 14.8 Å². The molecule has 8 nitrogen and oxygen atoms in total. The minimum absolute atomic E-state index is 0.198. The van der Waals surface area contributed by atoms with Gasteiger partial charge < -0.3 is 18.8 Å². The van der Waals surface area contributed by atoms with E-state index in [1.807, 2.05) is 33.8 Å². The lowest BCUT2D eigenvalue weighted by molar-refractivity contribution is 0.00578. The topological polar surface area (TPSA) is 84.7 Å². The highest BCUT2D eigenvalue weighted by atomic mass is 32.3. The Kier molecular flexibility index (Phi) is 6.26. The number of hydrogen-bond acceptors (Lipinski definition) is 7. The number of aromatic nitrogens is 3. The average Bonchev–Trinajstić information content (AvgIpc) is 3.11. The largest absolute Gasteiger partial charge is 0.496 e. The zero-order valence-electron chi connectivity index (χ0n) is 19.1. The summed E-state index contributed by atoms with van der Waals surface area (Å²) in [6, 6.07) is 1.83. The van der Waals surface area contributed by atoms with E-state index in [0.29, 0.717) is 17.6 Å². The molecule has 1 saturated heterocycles. The second-order valence-corrected chi connectivity index (χ2v) is 14.0. The standard InChI is InChI=1S/C20H32BN3O5S/c1-19(2)20(3,4)29-21(28-19)14-11-15-16(18(25)26-5)23-24(17(15)22-12-14)13-27-9-10-30(6,7)8/h11-12H,9-10,13H2,1-8H3. The number of carbonyl (C=O) groups is 1. The Morgan fingerprint density at radius 2 is 1.83 bits per heavy atom. The number of esters is 1. The van der Waals surface area contributed by atoms with E-state index in [-0.39, 0.29) is 12.4 Å². The summed E-state index contributed by atoms with van der Waals surface area (Å²) in [5.74, 6) is 0.473. The molecule has 0 aliphatic carbocycles. The van der Waals surface area contributed by atoms with Gasteiger partial charge in [0.1, 0.15) is 6.73 Å². The van der Waals surface area contributed by atoms with Crippen LogP contribution >= 0.6 is 10.0 Å². The van der Waals surface area contributed by atoms with Crippen LogP contribution in [0.1, 0.15) is 38.2 Å². The van der Waals surface area contributed by atoms with Crippen LogP contribution in [0.5, 0.6) is 0 Å². The molecule has 1 fully saturated rings. The zero-order chi connectivity index (χ0) is 22.3. The Morgan fingerprint density at radius 1 is 1.20 bits per heavy atom. The minimum atomic E-state index is -0.640. The van der Waals surface area contributed by atoms with Gasteiger partial charge in [0, 0.05) is 17.4 Å². The molecule has 0 amide bonds. The van der Waals surface area contributed by atoms with Gasteiger partial charge in [0.15, 0.2) is 11.3 Å². The summed E-state index contributed by atoms with van der Waals surface area (Å²) in [7, 11) is 0.118. The van der Waals surface area contributed by atoms with Crippen LogP contribution in [0, 0.1) is 0 Å². The van der Waals surface area contributed by atoms with Crippen molar-refractivity contribution in [2.45, 2.75) is 45.6 Å². The second kappa shape index (κ2) is 8.14. The van der Waals surface area contributed by atoms with Crippen molar-refractivity contribution in [3.05, 3.63) is 18.0 Å². The first-order valence-electron chi connectivity index (χ1n) is 9.89. The first-order valence-corrected chi connectivity index (χ1v) is 12.9. The van der Waals surface area contributed by atoms with E-state index in [2.05, 4.69) is 28.8 Å². The fourth-order valence-corrected chi connectivity index (χ4v) is 3.60. The first kappa shape index (κ1) is 23.1. The van der Waals surface area contributed by atoms with E-state index in [1.54, 1.807) is 10.9 Å². The van der Waals surface area contributed by atoms with Crippen LogP contribution in [0.4, 0.5) is 0 Å². The lowest BCUT2D eigenvalue weighted by Gasteiger charge is -2.32. The number of rotatable bonds is 7. The fraction of sp³-hybridized carbons (Fsp3) is 0.650. The smallest absolute Gasteiger partial charge is 0.464 e. The molecular formula is C20H32BN3O5S. The Morgan fingerprint density at radius 3 is 2.40 bits per heavy atom. The maximum atomic E-state index is 12.3. The van der Waals surface area contributed by atoms with Gasteiger partial charge in [0.05, 0.1) is 30.3 Å². The van der Waals surface area contributed by atoms with Crippen molar-refractivity contribution in [3.63, 3.8) is 0 Å². The highest BCUT2D eigenvalue weighted by Gasteiger charge is 2.52. The third kappa shape index (κ3) is 4.66. The molecule has 1 aliphatic heterocycles. The van der Waals surface area contributed by atoms with Crippen LogP contribution in [0.15, 0.2) is 12.3 Å². The van der Waals surface area contributed by atoms with Gasteiger partial charge in [0.2, 0.25) is 0 Å². The summed E-state index contributed by atoms with van der Waals surface area (Å²) < 4.78 is 24.5. The minimum Gasteiger partial charge on any atom is -0.464 e. The molecule has 2 aromatic heterocycles. The molecule has 0 N–H and O–H groups in total. The van der Waals surface area contributed by atoms with Crippen molar-refractivity contribution in [3.8, 4) is 0 Å². The Labute approximate surface area is 180 Å². The SMILES string of the molecule is COC(=O)c1nn(COCCS(C)(C)C)c2ncc(B3OC(C)(C)C(C)(C)O3)cc12. The summed E-state index contributed by atoms with van der Waals surface area (Å²) in [4.78, 5) is 16.9. The zero-order valence-corrected chi connectivity index (χ0v) is 20.0. The van der Waals surface area contributed by atoms with Gasteiger partial charge in [-0.2, -0.15) is 5.10 Å². The van der Waals surface area contributed by atoms with Gasteiger partial charge in [0.25, 0.3) is 0 Å². The monoisotopic (exact) mass is 437 g/mol. The number of ether oxygens (including phenoxy) is 2. The Hall–Kier alpha value is -1.62. The van der Waals surface area contributed by atoms with Crippen molar-refractivity contribution < 1.29 is 23.6 Å². The van der Waals surface area contributed by atoms with Crippen LogP contribution in [-0.2, 0) is 25.5 Å². The van der Waals surface area contributed by atoms with Crippen molar-refractivity contribution in [1.29, 1.82) is 0 Å². The molecule has 30 heavy (non-hydrogen) atoms. The molecular weight excluding hydrogens is 405 g/mol. The van der Waals surface area contributed by atoms with E-state index in [1.165, 1.54) is 7.11 Å². The van der Waals surface area contributed by atoms with E-state index in [4.69, 9.17) is 18.8 Å². The van der Waals surface area contributed by atoms with Gasteiger partial charge in [-0.25, -0.2) is 24.5 Å². The van der Waals surface area contributed by atoms with Gasteiger partial charge >= 0.3 is 13.1 Å². The van der Waals surface area contributed by atoms with E-state index >= 15 is 0 Å². The molecule has 2 aromatic rings. The van der Waals surface area contributed by atoms with Crippen molar-refractivity contribution in [2.75, 3.05) is 38.2 Å². The van der Waals surface area contributed by atoms with Gasteiger partial charge in [-0.1, -0.05) is 0 Å². The third-order valence-electron chi connectivity index (χ3n) is 5.57. The van der Waals surface area contributed by atoms with Crippen LogP contribution in [0.3, 0.4) is 0 Å². The van der Waals surface area contributed by atoms with Crippen LogP contribution in [0.2, 0.25) is 0 Å². The van der Waals surface area contributed by atoms with E-state index in [0.717, 1.165) is 11.2 Å². The fourth-order valence-electron chi connectivity index (χ4n) is 2.98. The number of fused-ring (bicyclic) bond motifs is 1. The lowest BCUT2D eigenvalue weighted by atomic mass is 9.80. The normalized spacial score (nSPS) is 18.7. The first-order chi connectivity index (χ1) is 13.8. The highest BCUT2D eigenvalue weighted by Crippen LogP contribution is 2.36. The predicted molar refractivity (Wildman–Crippen MR) is 121 cm³/mol. The molecule has 0 spiro atoms. The maximum absolute atomic E-state index is 12.3. The number of methoxy groups -OCH3 is 1. The molecule has 0 unspecified atom stereocenters. The Balaban J connectivity index is 1.89. The number of carbonyl (C=O) groups excluding carboxylic acids is 1. The average molecular weight is 437 g/mol. The maximum Gasteiger partial charge on any atom is 0.496 e. The number of hydrogen-bond donors (Lipinski definition) is 0. The highest BCUT2D eigenvalue weighted by molar-refractivity contribution is 8.32. The lowest BCUT2D eigenvalue weighted by Crippen LogP contribution is -2.41. The van der Waals surface area contributed by atoms with Crippen molar-refractivity contribution in [2.24, 2.45) is 0 Å². The number of nitrogens with zero attached hydrogens (tertiary/aromatic N) is 3. The molecule has 0 radical (unpaired) electrons. The van der Waals surface area contributed by atoms with Crippen LogP contribution < -0.4 is 5.46 Å². The number of pyridine rings is 1. The molecule has 10 heteroatoms. The summed E-state index contributed by atoms with van der Waals surface area (Å²) in [5.41, 5.74) is 0.542. The van der Waals surface area contributed by atoms with Gasteiger partial charge in [-0.15, -0.1) is 0 Å². The van der Waals surface area contributed by atoms with Crippen molar-refractivity contribution >= 4 is 39.6 Å². The van der Waals surface area contributed by atoms with E-state index in [9.17, 15) is 4.79 Å².